The molecule has 140 valence electrons. The fourth-order valence-electron chi connectivity index (χ4n) is 2.19. The largest absolute Gasteiger partial charge is 0.462 e. The third-order valence-electron chi connectivity index (χ3n) is 3.54. The second-order valence-corrected chi connectivity index (χ2v) is 7.02. The van der Waals surface area contributed by atoms with Gasteiger partial charge in [0.15, 0.2) is 5.85 Å². The first kappa shape index (κ1) is 19.7. The normalized spacial score (nSPS) is 31.4. The van der Waals surface area contributed by atoms with Gasteiger partial charge in [0, 0.05) is 12.1 Å². The summed E-state index contributed by atoms with van der Waals surface area (Å²) in [6, 6.07) is 4.52. The van der Waals surface area contributed by atoms with Crippen LogP contribution in [0, 0.1) is 10.1 Å². The van der Waals surface area contributed by atoms with Gasteiger partial charge in [-0.15, -0.1) is 0 Å². The van der Waals surface area contributed by atoms with E-state index < -0.39 is 49.1 Å². The minimum Gasteiger partial charge on any atom is -0.462 e. The molecule has 1 aliphatic rings. The SMILES string of the molecule is O=[N+]([O-])c1ccc(O[C@@H]2O[C@H](C(O)P(=O)(O)O)[C@@H](O)[C@H](O)[C@H]2O)cc1. The molecule has 0 radical (unpaired) electrons. The summed E-state index contributed by atoms with van der Waals surface area (Å²) in [4.78, 5) is 27.9. The summed E-state index contributed by atoms with van der Waals surface area (Å²) >= 11 is 0. The van der Waals surface area contributed by atoms with E-state index >= 15 is 0 Å². The van der Waals surface area contributed by atoms with Gasteiger partial charge in [-0.3, -0.25) is 14.7 Å². The van der Waals surface area contributed by atoms with E-state index in [1.807, 2.05) is 0 Å². The maximum atomic E-state index is 11.1. The van der Waals surface area contributed by atoms with Crippen molar-refractivity contribution < 1.29 is 49.2 Å². The molecule has 0 amide bonds. The lowest BCUT2D eigenvalue weighted by Gasteiger charge is -2.41. The van der Waals surface area contributed by atoms with Gasteiger partial charge in [-0.05, 0) is 12.1 Å². The number of nitro benzene ring substituents is 1. The lowest BCUT2D eigenvalue weighted by molar-refractivity contribution is -0.384. The Balaban J connectivity index is 2.18. The maximum Gasteiger partial charge on any atom is 0.356 e. The summed E-state index contributed by atoms with van der Waals surface area (Å²) in [6.45, 7) is 0. The van der Waals surface area contributed by atoms with Crippen LogP contribution in [-0.4, -0.2) is 71.7 Å². The van der Waals surface area contributed by atoms with Crippen molar-refractivity contribution in [3.8, 4) is 5.75 Å². The minimum absolute atomic E-state index is 0.0253. The molecule has 1 aromatic rings. The Hall–Kier alpha value is -1.63. The number of nitrogens with zero attached hydrogens (tertiary/aromatic N) is 1. The average Bonchev–Trinajstić information content (AvgIpc) is 2.54. The van der Waals surface area contributed by atoms with Crippen molar-refractivity contribution in [3.05, 3.63) is 34.4 Å². The number of aliphatic hydroxyl groups is 4. The number of nitro groups is 1. The molecule has 13 heteroatoms. The molecule has 0 aromatic heterocycles. The maximum absolute atomic E-state index is 11.1. The van der Waals surface area contributed by atoms with E-state index in [4.69, 9.17) is 19.3 Å². The van der Waals surface area contributed by atoms with E-state index in [9.17, 15) is 35.1 Å². The number of hydrogen-bond acceptors (Lipinski definition) is 9. The van der Waals surface area contributed by atoms with Crippen molar-refractivity contribution in [2.45, 2.75) is 36.6 Å². The predicted molar refractivity (Wildman–Crippen MR) is 78.5 cm³/mol. The van der Waals surface area contributed by atoms with Gasteiger partial charge in [-0.25, -0.2) is 0 Å². The molecule has 2 rings (SSSR count). The molecule has 25 heavy (non-hydrogen) atoms. The van der Waals surface area contributed by atoms with Crippen LogP contribution < -0.4 is 4.74 Å². The molecule has 0 spiro atoms. The van der Waals surface area contributed by atoms with Gasteiger partial charge in [0.05, 0.1) is 4.92 Å². The van der Waals surface area contributed by atoms with Crippen molar-refractivity contribution in [1.82, 2.24) is 0 Å². The Morgan fingerprint density at radius 3 is 2.16 bits per heavy atom. The lowest BCUT2D eigenvalue weighted by atomic mass is 9.99. The Morgan fingerprint density at radius 1 is 1.12 bits per heavy atom. The van der Waals surface area contributed by atoms with Crippen molar-refractivity contribution >= 4 is 13.3 Å². The van der Waals surface area contributed by atoms with Crippen LogP contribution in [0.5, 0.6) is 5.75 Å². The molecule has 6 N–H and O–H groups in total. The van der Waals surface area contributed by atoms with Crippen LogP contribution in [0.25, 0.3) is 0 Å². The monoisotopic (exact) mass is 381 g/mol. The van der Waals surface area contributed by atoms with E-state index in [1.54, 1.807) is 0 Å². The van der Waals surface area contributed by atoms with E-state index in [2.05, 4.69) is 0 Å². The second kappa shape index (κ2) is 7.32. The quantitative estimate of drug-likeness (QED) is 0.192. The first-order valence-corrected chi connectivity index (χ1v) is 8.54. The highest BCUT2D eigenvalue weighted by Crippen LogP contribution is 2.44. The Bertz CT molecular complexity index is 662. The van der Waals surface area contributed by atoms with Gasteiger partial charge < -0.3 is 39.7 Å². The number of benzene rings is 1. The van der Waals surface area contributed by atoms with Crippen molar-refractivity contribution in [1.29, 1.82) is 0 Å². The van der Waals surface area contributed by atoms with Gasteiger partial charge in [-0.1, -0.05) is 0 Å². The fourth-order valence-corrected chi connectivity index (χ4v) is 2.82. The molecule has 1 aromatic carbocycles. The van der Waals surface area contributed by atoms with Crippen LogP contribution >= 0.6 is 7.60 Å². The van der Waals surface area contributed by atoms with E-state index in [0.717, 1.165) is 12.1 Å². The zero-order valence-corrected chi connectivity index (χ0v) is 13.3. The highest BCUT2D eigenvalue weighted by Gasteiger charge is 2.51. The molecular formula is C12H16NO11P. The van der Waals surface area contributed by atoms with Crippen LogP contribution in [0.15, 0.2) is 24.3 Å². The molecule has 0 aliphatic carbocycles. The van der Waals surface area contributed by atoms with Gasteiger partial charge in [0.25, 0.3) is 5.69 Å². The van der Waals surface area contributed by atoms with Crippen LogP contribution in [-0.2, 0) is 9.30 Å². The Morgan fingerprint density at radius 2 is 1.68 bits per heavy atom. The van der Waals surface area contributed by atoms with Crippen LogP contribution in [0.3, 0.4) is 0 Å². The predicted octanol–water partition coefficient (Wildman–Crippen LogP) is -1.72. The third-order valence-corrected chi connectivity index (χ3v) is 4.53. The average molecular weight is 381 g/mol. The molecule has 12 nitrogen and oxygen atoms in total. The first-order valence-electron chi connectivity index (χ1n) is 6.86. The van der Waals surface area contributed by atoms with E-state index in [1.165, 1.54) is 12.1 Å². The van der Waals surface area contributed by atoms with Crippen molar-refractivity contribution in [2.75, 3.05) is 0 Å². The summed E-state index contributed by atoms with van der Waals surface area (Å²) in [5, 5.41) is 49.6. The zero-order valence-electron chi connectivity index (χ0n) is 12.4. The highest BCUT2D eigenvalue weighted by atomic mass is 31.2. The number of non-ortho nitro benzene ring substituents is 1. The Kier molecular flexibility index (Phi) is 5.76. The molecule has 1 unspecified atom stereocenters. The molecule has 0 bridgehead atoms. The first-order chi connectivity index (χ1) is 11.5. The smallest absolute Gasteiger partial charge is 0.356 e. The molecule has 1 saturated heterocycles. The summed E-state index contributed by atoms with van der Waals surface area (Å²) < 4.78 is 21.3. The number of ether oxygens (including phenoxy) is 2. The topological polar surface area (TPSA) is 200 Å². The van der Waals surface area contributed by atoms with Gasteiger partial charge in [-0.2, -0.15) is 0 Å². The van der Waals surface area contributed by atoms with Crippen LogP contribution in [0.1, 0.15) is 0 Å². The van der Waals surface area contributed by atoms with E-state index in [0.29, 0.717) is 0 Å². The fraction of sp³-hybridized carbons (Fsp3) is 0.500. The van der Waals surface area contributed by atoms with E-state index in [-0.39, 0.29) is 11.4 Å². The Labute approximate surface area is 140 Å². The van der Waals surface area contributed by atoms with Gasteiger partial charge >= 0.3 is 7.60 Å². The summed E-state index contributed by atoms with van der Waals surface area (Å²) in [5.41, 5.74) is -0.234. The minimum atomic E-state index is -5.09. The zero-order chi connectivity index (χ0) is 18.9. The molecule has 1 fully saturated rings. The number of hydrogen-bond donors (Lipinski definition) is 6. The van der Waals surface area contributed by atoms with Crippen molar-refractivity contribution in [3.63, 3.8) is 0 Å². The summed E-state index contributed by atoms with van der Waals surface area (Å²) in [5.74, 6) is -2.49. The van der Waals surface area contributed by atoms with Crippen LogP contribution in [0.2, 0.25) is 0 Å². The third kappa shape index (κ3) is 4.32. The molecular weight excluding hydrogens is 365 g/mol. The molecule has 6 atom stereocenters. The van der Waals surface area contributed by atoms with Crippen LogP contribution in [0.4, 0.5) is 5.69 Å². The van der Waals surface area contributed by atoms with Gasteiger partial charge in [0.1, 0.15) is 30.2 Å². The summed E-state index contributed by atoms with van der Waals surface area (Å²) in [7, 11) is -5.09. The standard InChI is InChI=1S/C12H16NO11P/c14-7-8(15)10(11(17)25(20,21)22)24-12(9(7)16)23-6-3-1-5(2-4-6)13(18)19/h1-4,7-12,14-17H,(H2,20,21,22)/t7-,8-,9+,10-,11?,12+/m0/s1. The second-order valence-electron chi connectivity index (χ2n) is 5.31. The number of rotatable bonds is 5. The molecule has 1 aliphatic heterocycles. The number of aliphatic hydroxyl groups excluding tert-OH is 4. The van der Waals surface area contributed by atoms with Crippen molar-refractivity contribution in [2.24, 2.45) is 0 Å². The van der Waals surface area contributed by atoms with Gasteiger partial charge in [0.2, 0.25) is 6.29 Å². The summed E-state index contributed by atoms with van der Waals surface area (Å²) in [6.07, 6.45) is -9.38. The highest BCUT2D eigenvalue weighted by molar-refractivity contribution is 7.52. The molecule has 1 heterocycles. The molecule has 0 saturated carbocycles. The lowest BCUT2D eigenvalue weighted by Crippen LogP contribution is -2.61.